The van der Waals surface area contributed by atoms with Crippen molar-refractivity contribution in [3.8, 4) is 0 Å². The SMILES string of the molecule is ClCCCl.O=C1CCO1. The zero-order valence-corrected chi connectivity index (χ0v) is 6.41. The minimum absolute atomic E-state index is 0.0648. The minimum atomic E-state index is -0.0648. The van der Waals surface area contributed by atoms with Crippen LogP contribution in [0.4, 0.5) is 0 Å². The standard InChI is InChI=1S/C3H4O2.C2H4Cl2/c4-3-1-2-5-3;3-1-2-4/h1-2H2;1-2H2. The van der Waals surface area contributed by atoms with Gasteiger partial charge in [-0.1, -0.05) is 0 Å². The molecule has 0 aromatic rings. The van der Waals surface area contributed by atoms with E-state index in [1.807, 2.05) is 0 Å². The van der Waals surface area contributed by atoms with Crippen molar-refractivity contribution in [1.82, 2.24) is 0 Å². The van der Waals surface area contributed by atoms with Gasteiger partial charge in [0.1, 0.15) is 6.61 Å². The van der Waals surface area contributed by atoms with Gasteiger partial charge >= 0.3 is 5.97 Å². The van der Waals surface area contributed by atoms with Gasteiger partial charge in [-0.05, 0) is 0 Å². The van der Waals surface area contributed by atoms with Crippen molar-refractivity contribution in [1.29, 1.82) is 0 Å². The summed E-state index contributed by atoms with van der Waals surface area (Å²) >= 11 is 10.1. The Bertz CT molecular complexity index is 77.0. The molecule has 0 bridgehead atoms. The number of ether oxygens (including phenoxy) is 1. The molecule has 1 aliphatic rings. The summed E-state index contributed by atoms with van der Waals surface area (Å²) < 4.78 is 4.29. The molecule has 0 aromatic heterocycles. The Morgan fingerprint density at radius 1 is 1.44 bits per heavy atom. The van der Waals surface area contributed by atoms with Crippen LogP contribution < -0.4 is 0 Å². The van der Waals surface area contributed by atoms with Gasteiger partial charge < -0.3 is 4.74 Å². The second-order valence-corrected chi connectivity index (χ2v) is 2.10. The third kappa shape index (κ3) is 5.93. The summed E-state index contributed by atoms with van der Waals surface area (Å²) in [5.74, 6) is 1.05. The minimum Gasteiger partial charge on any atom is -0.465 e. The van der Waals surface area contributed by atoms with E-state index in [4.69, 9.17) is 23.2 Å². The lowest BCUT2D eigenvalue weighted by atomic mass is 10.4. The van der Waals surface area contributed by atoms with Crippen LogP contribution in [-0.2, 0) is 9.53 Å². The van der Waals surface area contributed by atoms with Crippen LogP contribution in [0, 0.1) is 0 Å². The first-order valence-electron chi connectivity index (χ1n) is 2.58. The van der Waals surface area contributed by atoms with Crippen LogP contribution in [-0.4, -0.2) is 24.3 Å². The first-order valence-corrected chi connectivity index (χ1v) is 3.65. The first kappa shape index (κ1) is 9.05. The molecule has 0 unspecified atom stereocenters. The van der Waals surface area contributed by atoms with E-state index in [2.05, 4.69) is 4.74 Å². The molecule has 1 aliphatic heterocycles. The molecule has 2 nitrogen and oxygen atoms in total. The normalized spacial score (nSPS) is 14.7. The van der Waals surface area contributed by atoms with Crippen molar-refractivity contribution in [3.63, 3.8) is 0 Å². The fourth-order valence-corrected chi connectivity index (χ4v) is 0.185. The van der Waals surface area contributed by atoms with E-state index in [-0.39, 0.29) is 5.97 Å². The average Bonchev–Trinajstić information content (AvgIpc) is 1.84. The Morgan fingerprint density at radius 2 is 1.78 bits per heavy atom. The molecule has 1 fully saturated rings. The molecule has 1 rings (SSSR count). The second kappa shape index (κ2) is 6.17. The fourth-order valence-electron chi connectivity index (χ4n) is 0.185. The van der Waals surface area contributed by atoms with Crippen molar-refractivity contribution in [2.45, 2.75) is 6.42 Å². The molecule has 0 atom stereocenters. The lowest BCUT2D eigenvalue weighted by molar-refractivity contribution is -0.157. The summed E-state index contributed by atoms with van der Waals surface area (Å²) in [5, 5.41) is 0. The summed E-state index contributed by atoms with van der Waals surface area (Å²) in [6.07, 6.45) is 0.625. The molecule has 54 valence electrons. The van der Waals surface area contributed by atoms with Gasteiger partial charge in [0, 0.05) is 11.8 Å². The van der Waals surface area contributed by atoms with Crippen molar-refractivity contribution in [2.24, 2.45) is 0 Å². The van der Waals surface area contributed by atoms with Crippen molar-refractivity contribution >= 4 is 29.2 Å². The highest BCUT2D eigenvalue weighted by Crippen LogP contribution is 1.97. The Kier molecular flexibility index (Phi) is 6.21. The molecule has 0 amide bonds. The molecule has 0 aliphatic carbocycles. The van der Waals surface area contributed by atoms with E-state index in [0.29, 0.717) is 24.8 Å². The molecule has 4 heteroatoms. The molecular weight excluding hydrogens is 163 g/mol. The third-order valence-corrected chi connectivity index (χ3v) is 1.21. The Morgan fingerprint density at radius 3 is 1.78 bits per heavy atom. The third-order valence-electron chi connectivity index (χ3n) is 0.641. The van der Waals surface area contributed by atoms with Crippen molar-refractivity contribution in [3.05, 3.63) is 0 Å². The predicted octanol–water partition coefficient (Wildman–Crippen LogP) is 1.40. The average molecular weight is 171 g/mol. The molecule has 0 spiro atoms. The van der Waals surface area contributed by atoms with Gasteiger partial charge in [0.2, 0.25) is 0 Å². The number of carbonyl (C=O) groups excluding carboxylic acids is 1. The molecule has 0 saturated carbocycles. The van der Waals surface area contributed by atoms with Crippen LogP contribution in [0.25, 0.3) is 0 Å². The van der Waals surface area contributed by atoms with E-state index in [1.54, 1.807) is 0 Å². The predicted molar refractivity (Wildman–Crippen MR) is 37.0 cm³/mol. The quantitative estimate of drug-likeness (QED) is 0.440. The highest BCUT2D eigenvalue weighted by molar-refractivity contribution is 6.25. The van der Waals surface area contributed by atoms with E-state index in [9.17, 15) is 4.79 Å². The van der Waals surface area contributed by atoms with Crippen LogP contribution in [0.2, 0.25) is 0 Å². The zero-order chi connectivity index (χ0) is 7.11. The van der Waals surface area contributed by atoms with E-state index >= 15 is 0 Å². The number of rotatable bonds is 1. The Hall–Kier alpha value is 0.0500. The van der Waals surface area contributed by atoms with Crippen molar-refractivity contribution in [2.75, 3.05) is 18.4 Å². The van der Waals surface area contributed by atoms with Gasteiger partial charge in [0.05, 0.1) is 6.42 Å². The maximum Gasteiger partial charge on any atom is 0.309 e. The summed E-state index contributed by atoms with van der Waals surface area (Å²) in [6.45, 7) is 0.638. The molecule has 1 saturated heterocycles. The highest BCUT2D eigenvalue weighted by atomic mass is 35.5. The number of cyclic esters (lactones) is 1. The number of esters is 1. The number of alkyl halides is 2. The number of halogens is 2. The number of hydrogen-bond acceptors (Lipinski definition) is 2. The monoisotopic (exact) mass is 170 g/mol. The first-order chi connectivity index (χ1) is 4.31. The van der Waals surface area contributed by atoms with E-state index < -0.39 is 0 Å². The summed E-state index contributed by atoms with van der Waals surface area (Å²) in [4.78, 5) is 9.68. The summed E-state index contributed by atoms with van der Waals surface area (Å²) in [6, 6.07) is 0. The molecule has 0 N–H and O–H groups in total. The fraction of sp³-hybridized carbons (Fsp3) is 0.800. The topological polar surface area (TPSA) is 26.3 Å². The zero-order valence-electron chi connectivity index (χ0n) is 4.90. The van der Waals surface area contributed by atoms with Crippen molar-refractivity contribution < 1.29 is 9.53 Å². The van der Waals surface area contributed by atoms with Crippen LogP contribution in [0.3, 0.4) is 0 Å². The molecule has 9 heavy (non-hydrogen) atoms. The lowest BCUT2D eigenvalue weighted by Crippen LogP contribution is -2.18. The molecule has 1 heterocycles. The molecule has 0 radical (unpaired) electrons. The molecular formula is C5H8Cl2O2. The second-order valence-electron chi connectivity index (χ2n) is 1.35. The van der Waals surface area contributed by atoms with E-state index in [0.717, 1.165) is 0 Å². The van der Waals surface area contributed by atoms with Gasteiger partial charge in [0.25, 0.3) is 0 Å². The van der Waals surface area contributed by atoms with Gasteiger partial charge in [-0.3, -0.25) is 4.79 Å². The van der Waals surface area contributed by atoms with Gasteiger partial charge in [-0.25, -0.2) is 0 Å². The highest BCUT2D eigenvalue weighted by Gasteiger charge is 2.10. The van der Waals surface area contributed by atoms with Crippen LogP contribution in [0.1, 0.15) is 6.42 Å². The van der Waals surface area contributed by atoms with Crippen LogP contribution >= 0.6 is 23.2 Å². The largest absolute Gasteiger partial charge is 0.465 e. The lowest BCUT2D eigenvalue weighted by Gasteiger charge is -2.09. The van der Waals surface area contributed by atoms with E-state index in [1.165, 1.54) is 0 Å². The number of carbonyl (C=O) groups is 1. The van der Waals surface area contributed by atoms with Gasteiger partial charge in [-0.15, -0.1) is 23.2 Å². The van der Waals surface area contributed by atoms with Crippen LogP contribution in [0.5, 0.6) is 0 Å². The Labute approximate surface area is 64.1 Å². The number of hydrogen-bond donors (Lipinski definition) is 0. The van der Waals surface area contributed by atoms with Crippen LogP contribution in [0.15, 0.2) is 0 Å². The summed E-state index contributed by atoms with van der Waals surface area (Å²) in [5.41, 5.74) is 0. The maximum atomic E-state index is 9.68. The van der Waals surface area contributed by atoms with Gasteiger partial charge in [0.15, 0.2) is 0 Å². The maximum absolute atomic E-state index is 9.68. The van der Waals surface area contributed by atoms with Gasteiger partial charge in [-0.2, -0.15) is 0 Å². The smallest absolute Gasteiger partial charge is 0.309 e. The molecule has 0 aromatic carbocycles. The summed E-state index contributed by atoms with van der Waals surface area (Å²) in [7, 11) is 0. The Balaban J connectivity index is 0.000000148.